The maximum atomic E-state index is 11.5. The summed E-state index contributed by atoms with van der Waals surface area (Å²) in [5, 5.41) is 2.82. The molecule has 0 saturated heterocycles. The first-order valence-corrected chi connectivity index (χ1v) is 5.89. The van der Waals surface area contributed by atoms with Gasteiger partial charge in [-0.25, -0.2) is 0 Å². The number of nitrogens with one attached hydrogen (secondary N) is 1. The monoisotopic (exact) mass is 285 g/mol. The Bertz CT molecular complexity index is 379. The third-order valence-electron chi connectivity index (χ3n) is 2.41. The molecular weight excluding hydrogens is 270 g/mol. The fourth-order valence-electron chi connectivity index (χ4n) is 1.26. The van der Waals surface area contributed by atoms with Crippen molar-refractivity contribution >= 4 is 21.8 Å². The smallest absolute Gasteiger partial charge is 0.249 e. The zero-order valence-electron chi connectivity index (χ0n) is 9.71. The predicted octanol–water partition coefficient (Wildman–Crippen LogP) is 2.41. The largest absolute Gasteiger partial charge is 0.372 e. The summed E-state index contributed by atoms with van der Waals surface area (Å²) in [6.45, 7) is 4.27. The lowest BCUT2D eigenvalue weighted by Gasteiger charge is -2.11. The van der Waals surface area contributed by atoms with E-state index >= 15 is 0 Å². The van der Waals surface area contributed by atoms with Crippen molar-refractivity contribution in [2.24, 2.45) is 0 Å². The number of aryl methyl sites for hydroxylation is 1. The molecule has 16 heavy (non-hydrogen) atoms. The summed E-state index contributed by atoms with van der Waals surface area (Å²) in [6.07, 6.45) is -0.406. The van der Waals surface area contributed by atoms with E-state index in [1.54, 1.807) is 6.92 Å². The average molecular weight is 286 g/mol. The first-order valence-electron chi connectivity index (χ1n) is 5.10. The summed E-state index contributed by atoms with van der Waals surface area (Å²) in [6, 6.07) is 6.01. The number of benzene rings is 1. The maximum absolute atomic E-state index is 11.5. The van der Waals surface area contributed by atoms with Gasteiger partial charge in [-0.15, -0.1) is 0 Å². The zero-order valence-corrected chi connectivity index (χ0v) is 11.3. The number of carbonyl (C=O) groups excluding carboxylic acids is 1. The molecule has 1 unspecified atom stereocenters. The molecule has 1 amide bonds. The second kappa shape index (κ2) is 6.01. The number of amides is 1. The summed E-state index contributed by atoms with van der Waals surface area (Å²) in [4.78, 5) is 11.5. The van der Waals surface area contributed by atoms with Gasteiger partial charge in [0.1, 0.15) is 6.10 Å². The van der Waals surface area contributed by atoms with Gasteiger partial charge in [0.05, 0.1) is 0 Å². The highest BCUT2D eigenvalue weighted by Crippen LogP contribution is 2.16. The molecule has 0 radical (unpaired) electrons. The van der Waals surface area contributed by atoms with Crippen LogP contribution in [0.15, 0.2) is 22.7 Å². The molecule has 0 aliphatic heterocycles. The fourth-order valence-corrected chi connectivity index (χ4v) is 1.50. The van der Waals surface area contributed by atoms with Gasteiger partial charge in [0.25, 0.3) is 0 Å². The molecule has 1 N–H and O–H groups in total. The van der Waals surface area contributed by atoms with Crippen LogP contribution in [0.4, 0.5) is 0 Å². The topological polar surface area (TPSA) is 38.3 Å². The van der Waals surface area contributed by atoms with Gasteiger partial charge in [-0.05, 0) is 31.0 Å². The lowest BCUT2D eigenvalue weighted by Crippen LogP contribution is -2.33. The van der Waals surface area contributed by atoms with Crippen molar-refractivity contribution in [1.82, 2.24) is 5.32 Å². The number of hydrogen-bond acceptors (Lipinski definition) is 2. The maximum Gasteiger partial charge on any atom is 0.249 e. The summed E-state index contributed by atoms with van der Waals surface area (Å²) < 4.78 is 6.00. The normalized spacial score (nSPS) is 12.2. The Labute approximate surface area is 104 Å². The van der Waals surface area contributed by atoms with E-state index in [9.17, 15) is 4.79 Å². The number of hydrogen-bond donors (Lipinski definition) is 1. The molecule has 0 aliphatic carbocycles. The van der Waals surface area contributed by atoms with Crippen LogP contribution in [0.1, 0.15) is 18.1 Å². The SMILES string of the molecule is COC(C)C(=O)NCc1ccc(Br)c(C)c1. The predicted molar refractivity (Wildman–Crippen MR) is 67.2 cm³/mol. The van der Waals surface area contributed by atoms with Crippen LogP contribution in [0.2, 0.25) is 0 Å². The van der Waals surface area contributed by atoms with Gasteiger partial charge in [0.2, 0.25) is 5.91 Å². The van der Waals surface area contributed by atoms with Crippen LogP contribution >= 0.6 is 15.9 Å². The van der Waals surface area contributed by atoms with Crippen molar-refractivity contribution in [2.45, 2.75) is 26.5 Å². The van der Waals surface area contributed by atoms with Crippen LogP contribution in [0.25, 0.3) is 0 Å². The highest BCUT2D eigenvalue weighted by molar-refractivity contribution is 9.10. The summed E-state index contributed by atoms with van der Waals surface area (Å²) in [5.41, 5.74) is 2.24. The summed E-state index contributed by atoms with van der Waals surface area (Å²) >= 11 is 3.44. The molecule has 1 atom stereocenters. The average Bonchev–Trinajstić information content (AvgIpc) is 2.29. The van der Waals surface area contributed by atoms with Crippen LogP contribution < -0.4 is 5.32 Å². The quantitative estimate of drug-likeness (QED) is 0.923. The van der Waals surface area contributed by atoms with Crippen molar-refractivity contribution in [3.05, 3.63) is 33.8 Å². The number of rotatable bonds is 4. The van der Waals surface area contributed by atoms with Crippen molar-refractivity contribution < 1.29 is 9.53 Å². The minimum atomic E-state index is -0.406. The van der Waals surface area contributed by atoms with Gasteiger partial charge in [-0.1, -0.05) is 28.1 Å². The number of methoxy groups -OCH3 is 1. The molecule has 0 bridgehead atoms. The molecule has 3 nitrogen and oxygen atoms in total. The van der Waals surface area contributed by atoms with Crippen molar-refractivity contribution in [2.75, 3.05) is 7.11 Å². The molecule has 4 heteroatoms. The van der Waals surface area contributed by atoms with Gasteiger partial charge < -0.3 is 10.1 Å². The molecule has 1 aromatic rings. The van der Waals surface area contributed by atoms with Gasteiger partial charge in [0, 0.05) is 18.1 Å². The fraction of sp³-hybridized carbons (Fsp3) is 0.417. The molecule has 1 rings (SSSR count). The van der Waals surface area contributed by atoms with Gasteiger partial charge in [-0.2, -0.15) is 0 Å². The molecule has 0 aliphatic rings. The summed E-state index contributed by atoms with van der Waals surface area (Å²) in [5.74, 6) is -0.0944. The number of carbonyl (C=O) groups is 1. The van der Waals surface area contributed by atoms with E-state index in [1.165, 1.54) is 7.11 Å². The van der Waals surface area contributed by atoms with E-state index in [-0.39, 0.29) is 5.91 Å². The van der Waals surface area contributed by atoms with E-state index in [0.717, 1.165) is 15.6 Å². The minimum Gasteiger partial charge on any atom is -0.372 e. The Hall–Kier alpha value is -0.870. The molecule has 0 spiro atoms. The molecule has 0 saturated carbocycles. The number of ether oxygens (including phenoxy) is 1. The van der Waals surface area contributed by atoms with Crippen LogP contribution in [0.5, 0.6) is 0 Å². The molecule has 0 heterocycles. The minimum absolute atomic E-state index is 0.0944. The van der Waals surface area contributed by atoms with E-state index in [4.69, 9.17) is 4.74 Å². The Morgan fingerprint density at radius 3 is 2.81 bits per heavy atom. The lowest BCUT2D eigenvalue weighted by molar-refractivity contribution is -0.130. The highest BCUT2D eigenvalue weighted by Gasteiger charge is 2.10. The van der Waals surface area contributed by atoms with Crippen molar-refractivity contribution in [3.63, 3.8) is 0 Å². The zero-order chi connectivity index (χ0) is 12.1. The molecule has 0 aromatic heterocycles. The molecule has 88 valence electrons. The van der Waals surface area contributed by atoms with Crippen molar-refractivity contribution in [3.8, 4) is 0 Å². The third kappa shape index (κ3) is 3.61. The molecule has 0 fully saturated rings. The molecule has 1 aromatic carbocycles. The lowest BCUT2D eigenvalue weighted by atomic mass is 10.1. The van der Waals surface area contributed by atoms with E-state index in [1.807, 2.05) is 25.1 Å². The molecular formula is C12H16BrNO2. The third-order valence-corrected chi connectivity index (χ3v) is 3.30. The first kappa shape index (κ1) is 13.2. The highest BCUT2D eigenvalue weighted by atomic mass is 79.9. The van der Waals surface area contributed by atoms with E-state index in [0.29, 0.717) is 6.54 Å². The Balaban J connectivity index is 2.55. The van der Waals surface area contributed by atoms with E-state index < -0.39 is 6.10 Å². The Morgan fingerprint density at radius 1 is 1.56 bits per heavy atom. The first-order chi connectivity index (χ1) is 7.54. The Kier molecular flexibility index (Phi) is 4.96. The number of halogens is 1. The van der Waals surface area contributed by atoms with Gasteiger partial charge in [0.15, 0.2) is 0 Å². The second-order valence-electron chi connectivity index (χ2n) is 3.68. The van der Waals surface area contributed by atoms with Crippen LogP contribution in [0, 0.1) is 6.92 Å². The van der Waals surface area contributed by atoms with Crippen LogP contribution in [-0.4, -0.2) is 19.1 Å². The summed E-state index contributed by atoms with van der Waals surface area (Å²) in [7, 11) is 1.52. The second-order valence-corrected chi connectivity index (χ2v) is 4.53. The van der Waals surface area contributed by atoms with Gasteiger partial charge >= 0.3 is 0 Å². The Morgan fingerprint density at radius 2 is 2.25 bits per heavy atom. The van der Waals surface area contributed by atoms with Crippen molar-refractivity contribution in [1.29, 1.82) is 0 Å². The van der Waals surface area contributed by atoms with Crippen LogP contribution in [-0.2, 0) is 16.1 Å². The van der Waals surface area contributed by atoms with E-state index in [2.05, 4.69) is 21.2 Å². The standard InChI is InChI=1S/C12H16BrNO2/c1-8-6-10(4-5-11(8)13)7-14-12(15)9(2)16-3/h4-6,9H,7H2,1-3H3,(H,14,15). The van der Waals surface area contributed by atoms with Gasteiger partial charge in [-0.3, -0.25) is 4.79 Å². The van der Waals surface area contributed by atoms with Crippen LogP contribution in [0.3, 0.4) is 0 Å².